The Balaban J connectivity index is 2.51. The standard InChI is InChI=1S/C17H29N5O/c1-10-6-7-12(8-11(10)2)20-15-13(14(18)23)9-19-16(21-15)22-17(3,4)5/h9-12H,6-8H2,1-5H3,(H2,18,23)(H2,19,20,21,22)/t10-,11-,12-/m1/s1/i3D3,4D3,5D3. The Morgan fingerprint density at radius 3 is 2.70 bits per heavy atom. The summed E-state index contributed by atoms with van der Waals surface area (Å²) in [6, 6.07) is -0.0559. The Labute approximate surface area is 151 Å². The van der Waals surface area contributed by atoms with Crippen molar-refractivity contribution in [3.63, 3.8) is 0 Å². The van der Waals surface area contributed by atoms with E-state index in [4.69, 9.17) is 18.1 Å². The maximum Gasteiger partial charge on any atom is 0.254 e. The van der Waals surface area contributed by atoms with Crippen LogP contribution in [0.1, 0.15) is 76.4 Å². The highest BCUT2D eigenvalue weighted by atomic mass is 16.1. The van der Waals surface area contributed by atoms with Crippen LogP contribution in [-0.2, 0) is 0 Å². The lowest BCUT2D eigenvalue weighted by Crippen LogP contribution is -2.32. The summed E-state index contributed by atoms with van der Waals surface area (Å²) in [6.07, 6.45) is 3.54. The van der Waals surface area contributed by atoms with E-state index in [0.717, 1.165) is 25.5 Å². The molecule has 0 bridgehead atoms. The van der Waals surface area contributed by atoms with Gasteiger partial charge in [0.2, 0.25) is 5.95 Å². The average molecular weight is 329 g/mol. The maximum atomic E-state index is 11.9. The first-order chi connectivity index (χ1) is 14.4. The number of nitrogens with one attached hydrogen (secondary N) is 2. The van der Waals surface area contributed by atoms with Crippen LogP contribution < -0.4 is 16.4 Å². The number of aromatic nitrogens is 2. The number of primary amides is 1. The van der Waals surface area contributed by atoms with E-state index in [-0.39, 0.29) is 17.4 Å². The van der Waals surface area contributed by atoms with Crippen LogP contribution in [0.2, 0.25) is 0 Å². The van der Waals surface area contributed by atoms with Gasteiger partial charge in [0.05, 0.1) is 5.56 Å². The van der Waals surface area contributed by atoms with Crippen LogP contribution in [0.3, 0.4) is 0 Å². The lowest BCUT2D eigenvalue weighted by Gasteiger charge is -2.33. The van der Waals surface area contributed by atoms with Crippen LogP contribution in [0.25, 0.3) is 0 Å². The van der Waals surface area contributed by atoms with E-state index in [0.29, 0.717) is 11.8 Å². The second kappa shape index (κ2) is 6.72. The van der Waals surface area contributed by atoms with Crippen LogP contribution in [0.5, 0.6) is 0 Å². The van der Waals surface area contributed by atoms with Crippen molar-refractivity contribution < 1.29 is 17.1 Å². The molecule has 0 radical (unpaired) electrons. The summed E-state index contributed by atoms with van der Waals surface area (Å²) in [7, 11) is 0. The van der Waals surface area contributed by atoms with Crippen LogP contribution in [0, 0.1) is 11.8 Å². The lowest BCUT2D eigenvalue weighted by atomic mass is 9.79. The summed E-state index contributed by atoms with van der Waals surface area (Å²) in [5.74, 6) is -0.475. The molecule has 0 unspecified atom stereocenters. The summed E-state index contributed by atoms with van der Waals surface area (Å²) >= 11 is 0. The summed E-state index contributed by atoms with van der Waals surface area (Å²) in [4.78, 5) is 19.7. The van der Waals surface area contributed by atoms with Crippen molar-refractivity contribution in [2.24, 2.45) is 17.6 Å². The first kappa shape index (κ1) is 8.85. The Hall–Kier alpha value is -1.85. The smallest absolute Gasteiger partial charge is 0.254 e. The predicted molar refractivity (Wildman–Crippen MR) is 93.5 cm³/mol. The molecule has 4 N–H and O–H groups in total. The second-order valence-electron chi connectivity index (χ2n) is 6.30. The van der Waals surface area contributed by atoms with Crippen LogP contribution in [0.15, 0.2) is 6.20 Å². The molecule has 0 spiro atoms. The van der Waals surface area contributed by atoms with Crippen molar-refractivity contribution in [2.75, 3.05) is 10.6 Å². The Morgan fingerprint density at radius 2 is 2.09 bits per heavy atom. The van der Waals surface area contributed by atoms with Gasteiger partial charge in [-0.1, -0.05) is 13.8 Å². The molecule has 1 heterocycles. The van der Waals surface area contributed by atoms with Crippen LogP contribution >= 0.6 is 0 Å². The zero-order valence-electron chi connectivity index (χ0n) is 22.3. The average Bonchev–Trinajstić information content (AvgIpc) is 2.59. The molecule has 6 nitrogen and oxygen atoms in total. The zero-order valence-corrected chi connectivity index (χ0v) is 13.3. The molecule has 0 aliphatic heterocycles. The van der Waals surface area contributed by atoms with Gasteiger partial charge in [0.25, 0.3) is 5.91 Å². The molecule has 23 heavy (non-hydrogen) atoms. The molecule has 6 heteroatoms. The SMILES string of the molecule is [2H]C([2H])([2H])C(Nc1ncc(C(N)=O)c(N[C@@H]2CC[C@@H](C)[C@H](C)C2)n1)(C([2H])([2H])[2H])C([2H])([2H])[2H]. The minimum absolute atomic E-state index is 0.0164. The summed E-state index contributed by atoms with van der Waals surface area (Å²) in [5.41, 5.74) is 1.99. The van der Waals surface area contributed by atoms with E-state index in [9.17, 15) is 4.79 Å². The molecule has 1 aromatic heterocycles. The Morgan fingerprint density at radius 1 is 1.35 bits per heavy atom. The zero-order chi connectivity index (χ0) is 24.7. The van der Waals surface area contributed by atoms with E-state index in [1.165, 1.54) is 0 Å². The summed E-state index contributed by atoms with van der Waals surface area (Å²) in [5, 5.41) is 5.18. The molecule has 0 aromatic carbocycles. The van der Waals surface area contributed by atoms with E-state index in [2.05, 4.69) is 34.4 Å². The number of anilines is 2. The third-order valence-electron chi connectivity index (χ3n) is 4.29. The molecule has 1 aliphatic rings. The number of nitrogens with zero attached hydrogens (tertiary/aromatic N) is 2. The quantitative estimate of drug-likeness (QED) is 0.790. The van der Waals surface area contributed by atoms with Gasteiger partial charge in [0.15, 0.2) is 0 Å². The van der Waals surface area contributed by atoms with Gasteiger partial charge < -0.3 is 16.4 Å². The topological polar surface area (TPSA) is 92.9 Å². The number of amides is 1. The lowest BCUT2D eigenvalue weighted by molar-refractivity contribution is 0.100. The summed E-state index contributed by atoms with van der Waals surface area (Å²) < 4.78 is 69.4. The van der Waals surface area contributed by atoms with E-state index in [1.54, 1.807) is 0 Å². The second-order valence-corrected chi connectivity index (χ2v) is 6.30. The highest BCUT2D eigenvalue weighted by Gasteiger charge is 2.26. The van der Waals surface area contributed by atoms with Gasteiger partial charge >= 0.3 is 0 Å². The molecule has 1 amide bonds. The minimum atomic E-state index is -3.47. The first-order valence-corrected chi connectivity index (χ1v) is 7.62. The Bertz CT molecular complexity index is 801. The van der Waals surface area contributed by atoms with Gasteiger partial charge in [-0.25, -0.2) is 4.98 Å². The van der Waals surface area contributed by atoms with Crippen molar-refractivity contribution in [1.29, 1.82) is 0 Å². The minimum Gasteiger partial charge on any atom is -0.366 e. The van der Waals surface area contributed by atoms with Crippen molar-refractivity contribution in [3.8, 4) is 0 Å². The largest absolute Gasteiger partial charge is 0.366 e. The Kier molecular flexibility index (Phi) is 2.59. The maximum absolute atomic E-state index is 11.9. The first-order valence-electron chi connectivity index (χ1n) is 12.1. The third kappa shape index (κ3) is 4.81. The van der Waals surface area contributed by atoms with Crippen LogP contribution in [0.4, 0.5) is 11.8 Å². The molecular formula is C17H29N5O. The van der Waals surface area contributed by atoms with Gasteiger partial charge in [-0.3, -0.25) is 4.79 Å². The van der Waals surface area contributed by atoms with Crippen LogP contribution in [-0.4, -0.2) is 27.5 Å². The van der Waals surface area contributed by atoms with E-state index in [1.807, 2.05) is 0 Å². The van der Waals surface area contributed by atoms with Gasteiger partial charge in [0.1, 0.15) is 5.82 Å². The number of carbonyl (C=O) groups is 1. The number of rotatable bonds is 4. The molecule has 1 saturated carbocycles. The summed E-state index contributed by atoms with van der Waals surface area (Å²) in [6.45, 7) is -6.16. The fourth-order valence-corrected chi connectivity index (χ4v) is 2.77. The molecular weight excluding hydrogens is 290 g/mol. The van der Waals surface area contributed by atoms with Crippen molar-refractivity contribution in [2.45, 2.75) is 65.2 Å². The van der Waals surface area contributed by atoms with Crippen molar-refractivity contribution >= 4 is 17.7 Å². The molecule has 128 valence electrons. The normalized spacial score (nSPS) is 32.4. The molecule has 1 aliphatic carbocycles. The van der Waals surface area contributed by atoms with Crippen molar-refractivity contribution in [1.82, 2.24) is 9.97 Å². The van der Waals surface area contributed by atoms with E-state index >= 15 is 0 Å². The highest BCUT2D eigenvalue weighted by molar-refractivity contribution is 5.97. The van der Waals surface area contributed by atoms with Gasteiger partial charge in [-0.2, -0.15) is 4.98 Å². The van der Waals surface area contributed by atoms with Gasteiger partial charge in [-0.15, -0.1) is 0 Å². The predicted octanol–water partition coefficient (Wildman–Crippen LogP) is 3.02. The fourth-order valence-electron chi connectivity index (χ4n) is 2.77. The third-order valence-corrected chi connectivity index (χ3v) is 4.29. The molecule has 0 saturated heterocycles. The number of nitrogens with two attached hydrogens (primary N) is 1. The monoisotopic (exact) mass is 328 g/mol. The van der Waals surface area contributed by atoms with E-state index < -0.39 is 38.0 Å². The van der Waals surface area contributed by atoms with Gasteiger partial charge in [0, 0.05) is 30.1 Å². The number of hydrogen-bond acceptors (Lipinski definition) is 5. The molecule has 3 atom stereocenters. The molecule has 2 rings (SSSR count). The fraction of sp³-hybridized carbons (Fsp3) is 0.706. The molecule has 1 aromatic rings. The highest BCUT2D eigenvalue weighted by Crippen LogP contribution is 2.31. The number of hydrogen-bond donors (Lipinski definition) is 3. The molecule has 1 fully saturated rings. The van der Waals surface area contributed by atoms with Gasteiger partial charge in [-0.05, 0) is 51.7 Å². The number of carbonyl (C=O) groups excluding carboxylic acids is 1. The van der Waals surface area contributed by atoms with Crippen molar-refractivity contribution in [3.05, 3.63) is 11.8 Å².